The molecule has 1 heterocycles. The Morgan fingerprint density at radius 3 is 2.05 bits per heavy atom. The summed E-state index contributed by atoms with van der Waals surface area (Å²) in [4.78, 5) is 8.77. The van der Waals surface area contributed by atoms with Crippen molar-refractivity contribution in [3.05, 3.63) is 23.8 Å². The molecule has 1 aromatic heterocycles. The van der Waals surface area contributed by atoms with E-state index in [0.29, 0.717) is 0 Å². The summed E-state index contributed by atoms with van der Waals surface area (Å²) in [5, 5.41) is 0. The first-order valence-electron chi connectivity index (χ1n) is 8.11. The van der Waals surface area contributed by atoms with E-state index < -0.39 is 0 Å². The molecule has 0 bridgehead atoms. The molecule has 1 saturated carbocycles. The van der Waals surface area contributed by atoms with Crippen LogP contribution in [0.5, 0.6) is 0 Å². The fourth-order valence-electron chi connectivity index (χ4n) is 3.28. The SMILES string of the molecule is CCCC1CCC(CCc2cnc(CC)nc2)CC1. The summed E-state index contributed by atoms with van der Waals surface area (Å²) in [5.41, 5.74) is 1.31. The molecule has 0 atom stereocenters. The van der Waals surface area contributed by atoms with Crippen molar-refractivity contribution in [2.75, 3.05) is 0 Å². The summed E-state index contributed by atoms with van der Waals surface area (Å²) < 4.78 is 0. The maximum Gasteiger partial charge on any atom is 0.127 e. The number of aromatic nitrogens is 2. The predicted molar refractivity (Wildman–Crippen MR) is 80.1 cm³/mol. The van der Waals surface area contributed by atoms with Gasteiger partial charge in [0, 0.05) is 18.8 Å². The summed E-state index contributed by atoms with van der Waals surface area (Å²) in [7, 11) is 0. The molecule has 1 aliphatic carbocycles. The minimum atomic E-state index is 0.932. The lowest BCUT2D eigenvalue weighted by molar-refractivity contribution is 0.252. The Bertz CT molecular complexity index is 350. The molecule has 1 aromatic rings. The Kier molecular flexibility index (Phi) is 5.81. The lowest BCUT2D eigenvalue weighted by Crippen LogP contribution is -2.15. The molecule has 0 unspecified atom stereocenters. The van der Waals surface area contributed by atoms with Gasteiger partial charge in [0.25, 0.3) is 0 Å². The molecule has 2 heteroatoms. The van der Waals surface area contributed by atoms with Gasteiger partial charge in [0.15, 0.2) is 0 Å². The Hall–Kier alpha value is -0.920. The third kappa shape index (κ3) is 4.59. The highest BCUT2D eigenvalue weighted by Crippen LogP contribution is 2.33. The van der Waals surface area contributed by atoms with Gasteiger partial charge in [0.1, 0.15) is 5.82 Å². The summed E-state index contributed by atoms with van der Waals surface area (Å²) in [5.74, 6) is 2.93. The summed E-state index contributed by atoms with van der Waals surface area (Å²) in [6.45, 7) is 4.41. The number of aryl methyl sites for hydroxylation is 2. The molecule has 0 aromatic carbocycles. The van der Waals surface area contributed by atoms with Crippen LogP contribution in [0.25, 0.3) is 0 Å². The van der Waals surface area contributed by atoms with E-state index in [0.717, 1.165) is 30.5 Å². The smallest absolute Gasteiger partial charge is 0.127 e. The summed E-state index contributed by atoms with van der Waals surface area (Å²) >= 11 is 0. The fraction of sp³-hybridized carbons (Fsp3) is 0.765. The van der Waals surface area contributed by atoms with Gasteiger partial charge >= 0.3 is 0 Å². The largest absolute Gasteiger partial charge is 0.241 e. The quantitative estimate of drug-likeness (QED) is 0.748. The van der Waals surface area contributed by atoms with Gasteiger partial charge in [-0.1, -0.05) is 52.4 Å². The van der Waals surface area contributed by atoms with E-state index in [1.165, 1.54) is 50.5 Å². The molecule has 0 N–H and O–H groups in total. The Morgan fingerprint density at radius 1 is 0.947 bits per heavy atom. The van der Waals surface area contributed by atoms with Gasteiger partial charge in [-0.25, -0.2) is 9.97 Å². The molecule has 0 aliphatic heterocycles. The van der Waals surface area contributed by atoms with Gasteiger partial charge in [-0.15, -0.1) is 0 Å². The van der Waals surface area contributed by atoms with Gasteiger partial charge in [-0.2, -0.15) is 0 Å². The minimum absolute atomic E-state index is 0.932. The van der Waals surface area contributed by atoms with Crippen LogP contribution >= 0.6 is 0 Å². The van der Waals surface area contributed by atoms with Crippen LogP contribution in [-0.4, -0.2) is 9.97 Å². The molecule has 1 aliphatic rings. The zero-order valence-electron chi connectivity index (χ0n) is 12.6. The first kappa shape index (κ1) is 14.5. The van der Waals surface area contributed by atoms with Crippen LogP contribution in [0, 0.1) is 11.8 Å². The van der Waals surface area contributed by atoms with Crippen molar-refractivity contribution in [2.45, 2.75) is 71.6 Å². The van der Waals surface area contributed by atoms with E-state index >= 15 is 0 Å². The van der Waals surface area contributed by atoms with E-state index in [1.54, 1.807) is 0 Å². The molecule has 106 valence electrons. The van der Waals surface area contributed by atoms with Gasteiger partial charge in [-0.05, 0) is 30.2 Å². The first-order valence-corrected chi connectivity index (χ1v) is 8.11. The van der Waals surface area contributed by atoms with E-state index in [-0.39, 0.29) is 0 Å². The van der Waals surface area contributed by atoms with Crippen molar-refractivity contribution in [2.24, 2.45) is 11.8 Å². The van der Waals surface area contributed by atoms with Crippen LogP contribution in [0.15, 0.2) is 12.4 Å². The highest BCUT2D eigenvalue weighted by atomic mass is 14.9. The zero-order chi connectivity index (χ0) is 13.5. The minimum Gasteiger partial charge on any atom is -0.241 e. The Morgan fingerprint density at radius 2 is 1.53 bits per heavy atom. The molecule has 0 amide bonds. The number of rotatable bonds is 6. The number of hydrogen-bond acceptors (Lipinski definition) is 2. The number of nitrogens with zero attached hydrogens (tertiary/aromatic N) is 2. The van der Waals surface area contributed by atoms with E-state index in [1.807, 2.05) is 12.4 Å². The normalized spacial score (nSPS) is 23.5. The van der Waals surface area contributed by atoms with E-state index in [9.17, 15) is 0 Å². The van der Waals surface area contributed by atoms with Crippen molar-refractivity contribution in [3.63, 3.8) is 0 Å². The van der Waals surface area contributed by atoms with Gasteiger partial charge in [-0.3, -0.25) is 0 Å². The highest BCUT2D eigenvalue weighted by Gasteiger charge is 2.20. The molecule has 0 spiro atoms. The first-order chi connectivity index (χ1) is 9.31. The topological polar surface area (TPSA) is 25.8 Å². The average molecular weight is 260 g/mol. The van der Waals surface area contributed by atoms with Crippen LogP contribution in [0.2, 0.25) is 0 Å². The summed E-state index contributed by atoms with van der Waals surface area (Å²) in [6, 6.07) is 0. The van der Waals surface area contributed by atoms with Crippen molar-refractivity contribution >= 4 is 0 Å². The van der Waals surface area contributed by atoms with Gasteiger partial charge < -0.3 is 0 Å². The second-order valence-corrected chi connectivity index (χ2v) is 6.08. The molecule has 2 rings (SSSR count). The van der Waals surface area contributed by atoms with Crippen LogP contribution in [0.3, 0.4) is 0 Å². The van der Waals surface area contributed by atoms with Crippen molar-refractivity contribution in [1.29, 1.82) is 0 Å². The van der Waals surface area contributed by atoms with Crippen LogP contribution in [0.1, 0.15) is 70.2 Å². The van der Waals surface area contributed by atoms with Crippen molar-refractivity contribution in [3.8, 4) is 0 Å². The fourth-order valence-corrected chi connectivity index (χ4v) is 3.28. The predicted octanol–water partition coefficient (Wildman–Crippen LogP) is 4.58. The third-order valence-corrected chi connectivity index (χ3v) is 4.58. The standard InChI is InChI=1S/C17H28N2/c1-3-5-14-6-8-15(9-7-14)10-11-16-12-18-17(4-2)19-13-16/h12-15H,3-11H2,1-2H3. The average Bonchev–Trinajstić information content (AvgIpc) is 2.47. The third-order valence-electron chi connectivity index (χ3n) is 4.58. The number of hydrogen-bond donors (Lipinski definition) is 0. The summed E-state index contributed by atoms with van der Waals surface area (Å²) in [6.07, 6.45) is 16.1. The van der Waals surface area contributed by atoms with Gasteiger partial charge in [0.05, 0.1) is 0 Å². The monoisotopic (exact) mass is 260 g/mol. The van der Waals surface area contributed by atoms with E-state index in [4.69, 9.17) is 0 Å². The van der Waals surface area contributed by atoms with Gasteiger partial charge in [0.2, 0.25) is 0 Å². The van der Waals surface area contributed by atoms with Crippen LogP contribution in [-0.2, 0) is 12.8 Å². The van der Waals surface area contributed by atoms with Crippen LogP contribution < -0.4 is 0 Å². The molecular weight excluding hydrogens is 232 g/mol. The van der Waals surface area contributed by atoms with Crippen molar-refractivity contribution < 1.29 is 0 Å². The van der Waals surface area contributed by atoms with E-state index in [2.05, 4.69) is 23.8 Å². The molecule has 0 saturated heterocycles. The molecule has 1 fully saturated rings. The molecule has 19 heavy (non-hydrogen) atoms. The zero-order valence-corrected chi connectivity index (χ0v) is 12.6. The van der Waals surface area contributed by atoms with Crippen LogP contribution in [0.4, 0.5) is 0 Å². The lowest BCUT2D eigenvalue weighted by atomic mass is 9.78. The molecule has 2 nitrogen and oxygen atoms in total. The maximum atomic E-state index is 4.39. The maximum absolute atomic E-state index is 4.39. The highest BCUT2D eigenvalue weighted by molar-refractivity contribution is 5.05. The van der Waals surface area contributed by atoms with Crippen molar-refractivity contribution in [1.82, 2.24) is 9.97 Å². The second-order valence-electron chi connectivity index (χ2n) is 6.08. The Balaban J connectivity index is 1.71. The second kappa shape index (κ2) is 7.62. The Labute approximate surface area is 118 Å². The molecule has 0 radical (unpaired) electrons. The molecular formula is C17H28N2. The lowest BCUT2D eigenvalue weighted by Gasteiger charge is -2.28.